The van der Waals surface area contributed by atoms with Gasteiger partial charge in [0.1, 0.15) is 11.6 Å². The summed E-state index contributed by atoms with van der Waals surface area (Å²) in [4.78, 5) is 27.5. The smallest absolute Gasteiger partial charge is 0.205 e. The third kappa shape index (κ3) is 3.59. The standard InChI is InChI=1S/C26H24N10/c27-17-5-7-19-21(13-17)34-23(32-19)15-1-3-16(4-2-15)24-33-20-8-6-18(14-22(20)35-24)31-26-30-11-12-36(26)25-28-9-10-29-25/h1-8,13-14H,9-12,27H2,(H,28,29)(H,30,31)(H,32,34)(H,33,35). The zero-order chi connectivity index (χ0) is 24.1. The highest BCUT2D eigenvalue weighted by Crippen LogP contribution is 2.27. The molecule has 5 aromatic rings. The second-order valence-electron chi connectivity index (χ2n) is 8.87. The molecule has 0 aliphatic carbocycles. The van der Waals surface area contributed by atoms with Crippen molar-refractivity contribution in [2.45, 2.75) is 0 Å². The first kappa shape index (κ1) is 20.5. The average Bonchev–Trinajstić information content (AvgIpc) is 3.69. The number of guanidine groups is 2. The number of nitrogens with zero attached hydrogens (tertiary/aromatic N) is 5. The van der Waals surface area contributed by atoms with Gasteiger partial charge in [-0.3, -0.25) is 14.9 Å². The van der Waals surface area contributed by atoms with E-state index in [4.69, 9.17) is 10.7 Å². The Morgan fingerprint density at radius 1 is 0.778 bits per heavy atom. The van der Waals surface area contributed by atoms with Crippen LogP contribution in [-0.4, -0.2) is 62.9 Å². The first-order chi connectivity index (χ1) is 17.7. The molecule has 7 rings (SSSR count). The number of benzene rings is 3. The molecule has 0 fully saturated rings. The zero-order valence-corrected chi connectivity index (χ0v) is 19.4. The predicted octanol–water partition coefficient (Wildman–Crippen LogP) is 3.40. The number of hydrogen-bond acceptors (Lipinski definition) is 8. The number of nitrogens with one attached hydrogen (secondary N) is 4. The minimum atomic E-state index is 0.713. The van der Waals surface area contributed by atoms with Gasteiger partial charge >= 0.3 is 0 Å². The molecule has 178 valence electrons. The maximum absolute atomic E-state index is 5.89. The topological polar surface area (TPSA) is 135 Å². The Morgan fingerprint density at radius 3 is 2.17 bits per heavy atom. The van der Waals surface area contributed by atoms with Gasteiger partial charge in [-0.1, -0.05) is 24.3 Å². The first-order valence-electron chi connectivity index (χ1n) is 11.9. The Bertz CT molecular complexity index is 1660. The molecule has 36 heavy (non-hydrogen) atoms. The number of imidazole rings is 2. The molecule has 0 bridgehead atoms. The summed E-state index contributed by atoms with van der Waals surface area (Å²) >= 11 is 0. The van der Waals surface area contributed by atoms with E-state index < -0.39 is 0 Å². The van der Waals surface area contributed by atoms with Gasteiger partial charge in [-0.05, 0) is 36.4 Å². The predicted molar refractivity (Wildman–Crippen MR) is 144 cm³/mol. The van der Waals surface area contributed by atoms with Gasteiger partial charge in [-0.15, -0.1) is 0 Å². The van der Waals surface area contributed by atoms with E-state index in [2.05, 4.69) is 46.5 Å². The number of hydrogen-bond donors (Lipinski definition) is 5. The van der Waals surface area contributed by atoms with Crippen molar-refractivity contribution in [1.29, 1.82) is 0 Å². The van der Waals surface area contributed by atoms with E-state index in [0.717, 1.165) is 88.6 Å². The number of aliphatic imine (C=N–C) groups is 2. The Labute approximate surface area is 206 Å². The van der Waals surface area contributed by atoms with E-state index in [-0.39, 0.29) is 0 Å². The summed E-state index contributed by atoms with van der Waals surface area (Å²) in [6.45, 7) is 3.24. The molecule has 10 heteroatoms. The van der Waals surface area contributed by atoms with E-state index in [0.29, 0.717) is 5.69 Å². The van der Waals surface area contributed by atoms with Crippen LogP contribution >= 0.6 is 0 Å². The lowest BCUT2D eigenvalue weighted by atomic mass is 10.1. The summed E-state index contributed by atoms with van der Waals surface area (Å²) in [7, 11) is 0. The number of anilines is 2. The van der Waals surface area contributed by atoms with Gasteiger partial charge in [0.15, 0.2) is 0 Å². The van der Waals surface area contributed by atoms with Gasteiger partial charge in [0.2, 0.25) is 11.9 Å². The van der Waals surface area contributed by atoms with Crippen molar-refractivity contribution in [3.05, 3.63) is 60.7 Å². The highest BCUT2D eigenvalue weighted by molar-refractivity contribution is 6.07. The maximum Gasteiger partial charge on any atom is 0.205 e. The minimum absolute atomic E-state index is 0.713. The highest BCUT2D eigenvalue weighted by Gasteiger charge is 2.24. The van der Waals surface area contributed by atoms with Crippen molar-refractivity contribution in [2.24, 2.45) is 9.98 Å². The van der Waals surface area contributed by atoms with Gasteiger partial charge in [0.25, 0.3) is 0 Å². The lowest BCUT2D eigenvalue weighted by molar-refractivity contribution is 0.642. The molecule has 2 aliphatic heterocycles. The third-order valence-electron chi connectivity index (χ3n) is 6.43. The van der Waals surface area contributed by atoms with Crippen LogP contribution in [0.5, 0.6) is 0 Å². The fourth-order valence-corrected chi connectivity index (χ4v) is 4.63. The number of aromatic nitrogens is 4. The molecule has 0 spiro atoms. The highest BCUT2D eigenvalue weighted by atomic mass is 15.4. The average molecular weight is 477 g/mol. The zero-order valence-electron chi connectivity index (χ0n) is 19.4. The number of aromatic amines is 2. The van der Waals surface area contributed by atoms with E-state index in [1.807, 2.05) is 54.6 Å². The van der Waals surface area contributed by atoms with E-state index in [1.54, 1.807) is 0 Å². The monoisotopic (exact) mass is 476 g/mol. The summed E-state index contributed by atoms with van der Waals surface area (Å²) in [5, 5.41) is 6.75. The first-order valence-corrected chi connectivity index (χ1v) is 11.9. The van der Waals surface area contributed by atoms with Crippen LogP contribution in [0, 0.1) is 0 Å². The Hall–Kier alpha value is -4.86. The van der Waals surface area contributed by atoms with E-state index in [1.165, 1.54) is 0 Å². The van der Waals surface area contributed by atoms with Gasteiger partial charge in [-0.2, -0.15) is 0 Å². The normalized spacial score (nSPS) is 15.4. The van der Waals surface area contributed by atoms with Crippen LogP contribution in [0.4, 0.5) is 11.4 Å². The Morgan fingerprint density at radius 2 is 1.47 bits per heavy atom. The molecule has 2 aliphatic rings. The fourth-order valence-electron chi connectivity index (χ4n) is 4.63. The summed E-state index contributed by atoms with van der Waals surface area (Å²) < 4.78 is 0. The quantitative estimate of drug-likeness (QED) is 0.253. The lowest BCUT2D eigenvalue weighted by Gasteiger charge is -2.20. The Kier molecular flexibility index (Phi) is 4.63. The summed E-state index contributed by atoms with van der Waals surface area (Å²) in [6, 6.07) is 20.0. The fraction of sp³-hybridized carbons (Fsp3) is 0.154. The van der Waals surface area contributed by atoms with Gasteiger partial charge in [0, 0.05) is 35.6 Å². The lowest BCUT2D eigenvalue weighted by Crippen LogP contribution is -2.43. The molecule has 6 N–H and O–H groups in total. The summed E-state index contributed by atoms with van der Waals surface area (Å²) in [5.74, 6) is 3.32. The molecule has 0 saturated carbocycles. The summed E-state index contributed by atoms with van der Waals surface area (Å²) in [5.41, 5.74) is 13.2. The van der Waals surface area contributed by atoms with Crippen molar-refractivity contribution in [1.82, 2.24) is 30.2 Å². The SMILES string of the molecule is Nc1ccc2nc(-c3ccc(-c4nc5ccc(NC6=NCCN6C6=NCCN6)cc5[nH]4)cc3)[nH]c2c1. The molecular weight excluding hydrogens is 452 g/mol. The van der Waals surface area contributed by atoms with Gasteiger partial charge in [-0.25, -0.2) is 9.97 Å². The maximum atomic E-state index is 5.89. The molecule has 0 unspecified atom stereocenters. The van der Waals surface area contributed by atoms with Crippen molar-refractivity contribution in [2.75, 3.05) is 37.2 Å². The van der Waals surface area contributed by atoms with Gasteiger partial charge in [0.05, 0.1) is 35.2 Å². The molecule has 2 aromatic heterocycles. The molecule has 10 nitrogen and oxygen atoms in total. The third-order valence-corrected chi connectivity index (χ3v) is 6.43. The molecule has 3 aromatic carbocycles. The number of fused-ring (bicyclic) bond motifs is 2. The van der Waals surface area contributed by atoms with Crippen molar-refractivity contribution in [3.8, 4) is 22.8 Å². The van der Waals surface area contributed by atoms with Crippen LogP contribution in [0.3, 0.4) is 0 Å². The second kappa shape index (κ2) is 8.12. The molecule has 0 atom stereocenters. The largest absolute Gasteiger partial charge is 0.399 e. The van der Waals surface area contributed by atoms with Crippen LogP contribution in [0.25, 0.3) is 44.8 Å². The Balaban J connectivity index is 1.12. The number of H-pyrrole nitrogens is 2. The number of nitrogens with two attached hydrogens (primary N) is 1. The number of rotatable bonds is 3. The van der Waals surface area contributed by atoms with Crippen LogP contribution in [0.15, 0.2) is 70.6 Å². The van der Waals surface area contributed by atoms with E-state index >= 15 is 0 Å². The molecule has 0 saturated heterocycles. The van der Waals surface area contributed by atoms with Crippen molar-refractivity contribution < 1.29 is 0 Å². The van der Waals surface area contributed by atoms with Crippen LogP contribution < -0.4 is 16.4 Å². The molecule has 4 heterocycles. The van der Waals surface area contributed by atoms with Crippen molar-refractivity contribution in [3.63, 3.8) is 0 Å². The van der Waals surface area contributed by atoms with Crippen LogP contribution in [0.2, 0.25) is 0 Å². The molecule has 0 radical (unpaired) electrons. The van der Waals surface area contributed by atoms with Crippen LogP contribution in [0.1, 0.15) is 0 Å². The molecular formula is C26H24N10. The summed E-state index contributed by atoms with van der Waals surface area (Å²) in [6.07, 6.45) is 0. The van der Waals surface area contributed by atoms with E-state index in [9.17, 15) is 0 Å². The second-order valence-corrected chi connectivity index (χ2v) is 8.87. The van der Waals surface area contributed by atoms with Crippen LogP contribution in [-0.2, 0) is 0 Å². The number of nitrogen functional groups attached to an aromatic ring is 1. The van der Waals surface area contributed by atoms with Gasteiger partial charge < -0.3 is 26.3 Å². The minimum Gasteiger partial charge on any atom is -0.399 e. The molecule has 0 amide bonds. The van der Waals surface area contributed by atoms with Crippen molar-refractivity contribution >= 4 is 45.4 Å².